The smallest absolute Gasteiger partial charge is 0.325 e. The first-order chi connectivity index (χ1) is 9.48. The molecule has 5 heteroatoms. The Balaban J connectivity index is 2.16. The molecular weight excluding hydrogens is 258 g/mol. The molecule has 0 spiro atoms. The molecule has 20 heavy (non-hydrogen) atoms. The van der Waals surface area contributed by atoms with E-state index in [4.69, 9.17) is 14.2 Å². The number of nitrogens with one attached hydrogen (secondary N) is 1. The summed E-state index contributed by atoms with van der Waals surface area (Å²) in [4.78, 5) is 11.9. The number of carbonyl (C=O) groups is 1. The molecule has 0 aliphatic heterocycles. The van der Waals surface area contributed by atoms with Crippen LogP contribution in [0.5, 0.6) is 0 Å². The number of esters is 1. The third-order valence-corrected chi connectivity index (χ3v) is 3.31. The number of ether oxygens (including phenoxy) is 3. The lowest BCUT2D eigenvalue weighted by molar-refractivity contribution is -0.149. The van der Waals surface area contributed by atoms with Crippen molar-refractivity contribution in [3.05, 3.63) is 0 Å². The number of hydrogen-bond donors (Lipinski definition) is 1. The highest BCUT2D eigenvalue weighted by molar-refractivity contribution is 5.80. The molecule has 1 rings (SSSR count). The van der Waals surface area contributed by atoms with Crippen molar-refractivity contribution >= 4 is 5.97 Å². The van der Waals surface area contributed by atoms with E-state index < -0.39 is 5.54 Å². The highest BCUT2D eigenvalue weighted by Gasteiger charge is 2.39. The van der Waals surface area contributed by atoms with Crippen LogP contribution in [0.15, 0.2) is 0 Å². The van der Waals surface area contributed by atoms with Crippen molar-refractivity contribution in [3.8, 4) is 0 Å². The van der Waals surface area contributed by atoms with Crippen molar-refractivity contribution in [2.24, 2.45) is 5.92 Å². The van der Waals surface area contributed by atoms with Gasteiger partial charge < -0.3 is 14.2 Å². The molecule has 0 saturated heterocycles. The summed E-state index contributed by atoms with van der Waals surface area (Å²) in [6.45, 7) is 8.56. The van der Waals surface area contributed by atoms with Crippen molar-refractivity contribution < 1.29 is 19.0 Å². The Bertz CT molecular complexity index is 292. The molecule has 0 aromatic carbocycles. The summed E-state index contributed by atoms with van der Waals surface area (Å²) < 4.78 is 15.9. The molecule has 1 aliphatic carbocycles. The van der Waals surface area contributed by atoms with Crippen molar-refractivity contribution in [1.82, 2.24) is 5.32 Å². The molecule has 0 aromatic heterocycles. The Morgan fingerprint density at radius 2 is 1.90 bits per heavy atom. The second-order valence-corrected chi connectivity index (χ2v) is 6.07. The topological polar surface area (TPSA) is 56.8 Å². The zero-order valence-corrected chi connectivity index (χ0v) is 13.2. The van der Waals surface area contributed by atoms with Gasteiger partial charge >= 0.3 is 5.97 Å². The first-order valence-electron chi connectivity index (χ1n) is 7.49. The number of methoxy groups -OCH3 is 1. The van der Waals surface area contributed by atoms with Crippen molar-refractivity contribution in [2.75, 3.05) is 33.5 Å². The average Bonchev–Trinajstić information content (AvgIpc) is 3.20. The van der Waals surface area contributed by atoms with Crippen LogP contribution in [0.3, 0.4) is 0 Å². The summed E-state index contributed by atoms with van der Waals surface area (Å²) in [6, 6.07) is 0.452. The maximum Gasteiger partial charge on any atom is 0.325 e. The molecule has 118 valence electrons. The molecule has 5 nitrogen and oxygen atoms in total. The molecule has 0 heterocycles. The molecule has 1 N–H and O–H groups in total. The number of rotatable bonds is 11. The lowest BCUT2D eigenvalue weighted by Crippen LogP contribution is -2.52. The van der Waals surface area contributed by atoms with Crippen LogP contribution in [0, 0.1) is 5.92 Å². The normalized spacial score (nSPS) is 18.1. The van der Waals surface area contributed by atoms with E-state index in [0.717, 1.165) is 19.4 Å². The second-order valence-electron chi connectivity index (χ2n) is 6.07. The van der Waals surface area contributed by atoms with Crippen LogP contribution in [-0.4, -0.2) is 51.1 Å². The Labute approximate surface area is 122 Å². The molecule has 0 radical (unpaired) electrons. The predicted octanol–water partition coefficient (Wildman–Crippen LogP) is 1.75. The van der Waals surface area contributed by atoms with E-state index in [9.17, 15) is 4.79 Å². The van der Waals surface area contributed by atoms with Gasteiger partial charge in [0, 0.05) is 19.3 Å². The minimum Gasteiger partial charge on any atom is -0.468 e. The van der Waals surface area contributed by atoms with Crippen LogP contribution in [0.2, 0.25) is 0 Å². The molecule has 0 aromatic rings. The van der Waals surface area contributed by atoms with Gasteiger partial charge in [0.1, 0.15) is 5.54 Å². The van der Waals surface area contributed by atoms with E-state index in [1.54, 1.807) is 0 Å². The standard InChI is InChI=1S/C15H29NO4/c1-12(2)11-20-10-9-19-8-7-15(3,14(17)18-4)16-13-5-6-13/h12-13,16H,5-11H2,1-4H3. The maximum atomic E-state index is 11.9. The van der Waals surface area contributed by atoms with Gasteiger partial charge in [-0.2, -0.15) is 0 Å². The van der Waals surface area contributed by atoms with Crippen molar-refractivity contribution in [3.63, 3.8) is 0 Å². The Hall–Kier alpha value is -0.650. The largest absolute Gasteiger partial charge is 0.468 e. The fraction of sp³-hybridized carbons (Fsp3) is 0.933. The molecule has 0 amide bonds. The van der Waals surface area contributed by atoms with Gasteiger partial charge in [-0.25, -0.2) is 0 Å². The Morgan fingerprint density at radius 3 is 2.45 bits per heavy atom. The summed E-state index contributed by atoms with van der Waals surface area (Å²) in [6.07, 6.45) is 2.88. The highest BCUT2D eigenvalue weighted by Crippen LogP contribution is 2.24. The minimum absolute atomic E-state index is 0.218. The highest BCUT2D eigenvalue weighted by atomic mass is 16.5. The average molecular weight is 287 g/mol. The molecule has 1 atom stereocenters. The number of carbonyl (C=O) groups excluding carboxylic acids is 1. The van der Waals surface area contributed by atoms with Crippen molar-refractivity contribution in [2.45, 2.75) is 51.6 Å². The van der Waals surface area contributed by atoms with Crippen LogP contribution < -0.4 is 5.32 Å². The molecular formula is C15H29NO4. The first-order valence-corrected chi connectivity index (χ1v) is 7.49. The zero-order valence-electron chi connectivity index (χ0n) is 13.2. The van der Waals surface area contributed by atoms with Crippen molar-refractivity contribution in [1.29, 1.82) is 0 Å². The zero-order chi connectivity index (χ0) is 15.0. The van der Waals surface area contributed by atoms with Gasteiger partial charge in [-0.3, -0.25) is 10.1 Å². The summed E-state index contributed by atoms with van der Waals surface area (Å²) >= 11 is 0. The fourth-order valence-electron chi connectivity index (χ4n) is 1.95. The quantitative estimate of drug-likeness (QED) is 0.463. The van der Waals surface area contributed by atoms with E-state index in [1.807, 2.05) is 6.92 Å². The lowest BCUT2D eigenvalue weighted by Gasteiger charge is -2.28. The third-order valence-electron chi connectivity index (χ3n) is 3.31. The van der Waals surface area contributed by atoms with E-state index in [1.165, 1.54) is 7.11 Å². The molecule has 1 aliphatic rings. The van der Waals surface area contributed by atoms with Crippen LogP contribution in [0.1, 0.15) is 40.0 Å². The minimum atomic E-state index is -0.644. The van der Waals surface area contributed by atoms with Gasteiger partial charge in [0.05, 0.1) is 20.3 Å². The number of hydrogen-bond acceptors (Lipinski definition) is 5. The second kappa shape index (κ2) is 8.60. The fourth-order valence-corrected chi connectivity index (χ4v) is 1.95. The summed E-state index contributed by atoms with van der Waals surface area (Å²) in [5.41, 5.74) is -0.644. The SMILES string of the molecule is COC(=O)C(C)(CCOCCOCC(C)C)NC1CC1. The van der Waals surface area contributed by atoms with Gasteiger partial charge in [-0.15, -0.1) is 0 Å². The van der Waals surface area contributed by atoms with Gasteiger partial charge in [0.25, 0.3) is 0 Å². The van der Waals surface area contributed by atoms with E-state index in [2.05, 4.69) is 19.2 Å². The van der Waals surface area contributed by atoms with Gasteiger partial charge in [0.2, 0.25) is 0 Å². The summed E-state index contributed by atoms with van der Waals surface area (Å²) in [5, 5.41) is 3.35. The molecule has 1 saturated carbocycles. The molecule has 0 bridgehead atoms. The van der Waals surface area contributed by atoms with Crippen LogP contribution in [0.25, 0.3) is 0 Å². The Kier molecular flexibility index (Phi) is 7.48. The summed E-state index contributed by atoms with van der Waals surface area (Å²) in [7, 11) is 1.43. The molecule has 1 fully saturated rings. The summed E-state index contributed by atoms with van der Waals surface area (Å²) in [5.74, 6) is 0.324. The van der Waals surface area contributed by atoms with Crippen LogP contribution in [-0.2, 0) is 19.0 Å². The first kappa shape index (κ1) is 17.4. The van der Waals surface area contributed by atoms with Gasteiger partial charge in [-0.1, -0.05) is 13.8 Å². The monoisotopic (exact) mass is 287 g/mol. The van der Waals surface area contributed by atoms with Crippen LogP contribution >= 0.6 is 0 Å². The van der Waals surface area contributed by atoms with E-state index in [-0.39, 0.29) is 5.97 Å². The lowest BCUT2D eigenvalue weighted by atomic mass is 9.98. The van der Waals surface area contributed by atoms with Crippen LogP contribution in [0.4, 0.5) is 0 Å². The predicted molar refractivity (Wildman–Crippen MR) is 77.7 cm³/mol. The molecule has 1 unspecified atom stereocenters. The maximum absolute atomic E-state index is 11.9. The van der Waals surface area contributed by atoms with E-state index >= 15 is 0 Å². The Morgan fingerprint density at radius 1 is 1.25 bits per heavy atom. The van der Waals surface area contributed by atoms with Gasteiger partial charge in [-0.05, 0) is 32.1 Å². The van der Waals surface area contributed by atoms with E-state index in [0.29, 0.717) is 38.2 Å². The van der Waals surface area contributed by atoms with Gasteiger partial charge in [0.15, 0.2) is 0 Å². The third kappa shape index (κ3) is 6.68.